The van der Waals surface area contributed by atoms with E-state index in [1.165, 1.54) is 17.0 Å². The van der Waals surface area contributed by atoms with Crippen LogP contribution in [0.1, 0.15) is 36.1 Å². The lowest BCUT2D eigenvalue weighted by atomic mass is 10.0. The van der Waals surface area contributed by atoms with Crippen LogP contribution in [-0.2, 0) is 32.6 Å². The molecule has 10 heteroatoms. The van der Waals surface area contributed by atoms with Crippen molar-refractivity contribution in [2.75, 3.05) is 10.8 Å². The molecule has 0 aliphatic rings. The van der Waals surface area contributed by atoms with Crippen LogP contribution >= 0.6 is 27.5 Å². The van der Waals surface area contributed by atoms with Crippen molar-refractivity contribution in [1.29, 1.82) is 0 Å². The Kier molecular flexibility index (Phi) is 11.5. The van der Waals surface area contributed by atoms with Gasteiger partial charge in [0.05, 0.1) is 10.6 Å². The Labute approximate surface area is 279 Å². The molecule has 7 nitrogen and oxygen atoms in total. The van der Waals surface area contributed by atoms with Gasteiger partial charge in [0.15, 0.2) is 0 Å². The lowest BCUT2D eigenvalue weighted by Gasteiger charge is -2.34. The van der Waals surface area contributed by atoms with Gasteiger partial charge in [-0.2, -0.15) is 0 Å². The molecule has 0 aliphatic carbocycles. The Morgan fingerprint density at radius 1 is 0.867 bits per heavy atom. The van der Waals surface area contributed by atoms with E-state index in [0.717, 1.165) is 25.5 Å². The van der Waals surface area contributed by atoms with Gasteiger partial charge in [-0.15, -0.1) is 0 Å². The van der Waals surface area contributed by atoms with E-state index in [-0.39, 0.29) is 29.8 Å². The van der Waals surface area contributed by atoms with Crippen LogP contribution in [0.4, 0.5) is 5.69 Å². The van der Waals surface area contributed by atoms with E-state index in [0.29, 0.717) is 16.3 Å². The van der Waals surface area contributed by atoms with E-state index < -0.39 is 28.5 Å². The zero-order valence-corrected chi connectivity index (χ0v) is 28.9. The van der Waals surface area contributed by atoms with Crippen LogP contribution in [0.2, 0.25) is 5.02 Å². The zero-order valence-electron chi connectivity index (χ0n) is 25.7. The largest absolute Gasteiger partial charge is 0.352 e. The minimum absolute atomic E-state index is 0.0492. The number of hydrogen-bond acceptors (Lipinski definition) is 4. The molecule has 4 rings (SSSR count). The molecule has 0 saturated carbocycles. The van der Waals surface area contributed by atoms with Gasteiger partial charge in [0.2, 0.25) is 11.8 Å². The van der Waals surface area contributed by atoms with Crippen molar-refractivity contribution in [2.45, 2.75) is 57.6 Å². The second kappa shape index (κ2) is 15.1. The molecule has 0 saturated heterocycles. The van der Waals surface area contributed by atoms with Gasteiger partial charge >= 0.3 is 0 Å². The fourth-order valence-electron chi connectivity index (χ4n) is 4.97. The van der Waals surface area contributed by atoms with Crippen LogP contribution in [0.25, 0.3) is 0 Å². The van der Waals surface area contributed by atoms with E-state index in [9.17, 15) is 18.0 Å². The van der Waals surface area contributed by atoms with Crippen LogP contribution in [0, 0.1) is 13.8 Å². The summed E-state index contributed by atoms with van der Waals surface area (Å²) in [5.41, 5.74) is 3.47. The number of amides is 2. The Balaban J connectivity index is 1.82. The number of anilines is 1. The van der Waals surface area contributed by atoms with Crippen molar-refractivity contribution < 1.29 is 18.0 Å². The predicted molar refractivity (Wildman–Crippen MR) is 184 cm³/mol. The summed E-state index contributed by atoms with van der Waals surface area (Å²) < 4.78 is 30.4. The number of rotatable bonds is 12. The quantitative estimate of drug-likeness (QED) is 0.170. The molecule has 0 radical (unpaired) electrons. The summed E-state index contributed by atoms with van der Waals surface area (Å²) in [6.07, 6.45) is 0.242. The minimum atomic E-state index is -4.20. The zero-order chi connectivity index (χ0) is 32.7. The summed E-state index contributed by atoms with van der Waals surface area (Å²) in [6, 6.07) is 27.2. The molecule has 0 aromatic heterocycles. The number of sulfonamides is 1. The number of aryl methyl sites for hydroxylation is 2. The first-order valence-corrected chi connectivity index (χ1v) is 17.2. The Morgan fingerprint density at radius 3 is 2.11 bits per heavy atom. The van der Waals surface area contributed by atoms with E-state index >= 15 is 0 Å². The van der Waals surface area contributed by atoms with Gasteiger partial charge in [0, 0.05) is 28.5 Å². The molecular weight excluding hydrogens is 674 g/mol. The first kappa shape index (κ1) is 34.2. The summed E-state index contributed by atoms with van der Waals surface area (Å²) in [6.45, 7) is 6.89. The summed E-state index contributed by atoms with van der Waals surface area (Å²) in [5, 5.41) is 3.41. The smallest absolute Gasteiger partial charge is 0.264 e. The van der Waals surface area contributed by atoms with Crippen LogP contribution in [-0.4, -0.2) is 43.8 Å². The number of halogens is 2. The number of hydrogen-bond donors (Lipinski definition) is 1. The fourth-order valence-corrected chi connectivity index (χ4v) is 6.94. The second-order valence-electron chi connectivity index (χ2n) is 11.3. The molecule has 1 N–H and O–H groups in total. The third kappa shape index (κ3) is 8.96. The standard InChI is InChI=1S/C35H37BrClN3O4S/c1-24(2)38-35(42)33(21-27-8-6-5-7-9-27)39(22-28-12-14-29(36)15-13-28)34(41)23-40(32-19-16-30(37)20-26(32)4)45(43,44)31-17-10-25(3)11-18-31/h5-20,24,33H,21-23H2,1-4H3,(H,38,42)/t33-/m0/s1. The molecule has 4 aromatic rings. The predicted octanol–water partition coefficient (Wildman–Crippen LogP) is 7.08. The monoisotopic (exact) mass is 709 g/mol. The summed E-state index contributed by atoms with van der Waals surface area (Å²) in [5.74, 6) is -0.849. The first-order chi connectivity index (χ1) is 21.3. The molecule has 2 amide bonds. The highest BCUT2D eigenvalue weighted by molar-refractivity contribution is 9.10. The summed E-state index contributed by atoms with van der Waals surface area (Å²) in [7, 11) is -4.20. The molecule has 0 fully saturated rings. The van der Waals surface area contributed by atoms with Crippen molar-refractivity contribution in [1.82, 2.24) is 10.2 Å². The highest BCUT2D eigenvalue weighted by atomic mass is 79.9. The summed E-state index contributed by atoms with van der Waals surface area (Å²) >= 11 is 9.69. The molecule has 0 bridgehead atoms. The normalized spacial score (nSPS) is 12.1. The average molecular weight is 711 g/mol. The van der Waals surface area contributed by atoms with Gasteiger partial charge in [-0.3, -0.25) is 13.9 Å². The van der Waals surface area contributed by atoms with E-state index in [1.807, 2.05) is 75.4 Å². The number of nitrogens with one attached hydrogen (secondary N) is 1. The second-order valence-corrected chi connectivity index (χ2v) is 14.5. The third-order valence-corrected chi connectivity index (χ3v) is 9.82. The topological polar surface area (TPSA) is 86.8 Å². The third-order valence-electron chi connectivity index (χ3n) is 7.28. The number of nitrogens with zero attached hydrogens (tertiary/aromatic N) is 2. The summed E-state index contributed by atoms with van der Waals surface area (Å²) in [4.78, 5) is 29.9. The van der Waals surface area contributed by atoms with E-state index in [1.54, 1.807) is 37.3 Å². The Bertz CT molecular complexity index is 1730. The van der Waals surface area contributed by atoms with Crippen LogP contribution in [0.15, 0.2) is 106 Å². The Hall–Kier alpha value is -3.66. The van der Waals surface area contributed by atoms with Gasteiger partial charge in [-0.25, -0.2) is 8.42 Å². The molecule has 236 valence electrons. The van der Waals surface area contributed by atoms with Gasteiger partial charge in [0.1, 0.15) is 12.6 Å². The van der Waals surface area contributed by atoms with Gasteiger partial charge in [-0.05, 0) is 86.8 Å². The molecular formula is C35H37BrClN3O4S. The molecule has 4 aromatic carbocycles. The maximum absolute atomic E-state index is 14.5. The van der Waals surface area contributed by atoms with Gasteiger partial charge in [-0.1, -0.05) is 87.7 Å². The Morgan fingerprint density at radius 2 is 1.51 bits per heavy atom. The molecule has 1 atom stereocenters. The van der Waals surface area contributed by atoms with Crippen molar-refractivity contribution in [2.24, 2.45) is 0 Å². The molecule has 0 spiro atoms. The fraction of sp³-hybridized carbons (Fsp3) is 0.257. The number of carbonyl (C=O) groups is 2. The SMILES string of the molecule is Cc1ccc(S(=O)(=O)N(CC(=O)N(Cc2ccc(Br)cc2)[C@@H](Cc2ccccc2)C(=O)NC(C)C)c2ccc(Cl)cc2C)cc1. The van der Waals surface area contributed by atoms with Crippen molar-refractivity contribution >= 4 is 55.1 Å². The van der Waals surface area contributed by atoms with Gasteiger partial charge < -0.3 is 10.2 Å². The van der Waals surface area contributed by atoms with Crippen molar-refractivity contribution in [3.63, 3.8) is 0 Å². The molecule has 45 heavy (non-hydrogen) atoms. The van der Waals surface area contributed by atoms with Gasteiger partial charge in [0.25, 0.3) is 10.0 Å². The van der Waals surface area contributed by atoms with E-state index in [4.69, 9.17) is 11.6 Å². The van der Waals surface area contributed by atoms with Crippen LogP contribution in [0.5, 0.6) is 0 Å². The van der Waals surface area contributed by atoms with Crippen LogP contribution in [0.3, 0.4) is 0 Å². The average Bonchev–Trinajstić information content (AvgIpc) is 2.99. The van der Waals surface area contributed by atoms with Crippen molar-refractivity contribution in [3.05, 3.63) is 129 Å². The lowest BCUT2D eigenvalue weighted by Crippen LogP contribution is -2.54. The number of carbonyl (C=O) groups excluding carboxylic acids is 2. The number of benzene rings is 4. The maximum Gasteiger partial charge on any atom is 0.264 e. The first-order valence-electron chi connectivity index (χ1n) is 14.6. The van der Waals surface area contributed by atoms with Crippen LogP contribution < -0.4 is 9.62 Å². The highest BCUT2D eigenvalue weighted by Crippen LogP contribution is 2.30. The van der Waals surface area contributed by atoms with Crippen molar-refractivity contribution in [3.8, 4) is 0 Å². The minimum Gasteiger partial charge on any atom is -0.352 e. The molecule has 0 unspecified atom stereocenters. The molecule has 0 aliphatic heterocycles. The van der Waals surface area contributed by atoms with E-state index in [2.05, 4.69) is 21.2 Å². The maximum atomic E-state index is 14.5. The highest BCUT2D eigenvalue weighted by Gasteiger charge is 2.35. The molecule has 0 heterocycles. The lowest BCUT2D eigenvalue weighted by molar-refractivity contribution is -0.140.